The van der Waals surface area contributed by atoms with E-state index in [1.54, 1.807) is 4.57 Å². The molecular formula is C26H28F4N4O3. The topological polar surface area (TPSA) is 75.6 Å². The van der Waals surface area contributed by atoms with Crippen LogP contribution in [-0.4, -0.2) is 54.8 Å². The zero-order chi connectivity index (χ0) is 26.3. The number of hydrogen-bond donors (Lipinski definition) is 2. The molecule has 2 aliphatic carbocycles. The van der Waals surface area contributed by atoms with E-state index in [2.05, 4.69) is 15.5 Å². The molecule has 37 heavy (non-hydrogen) atoms. The molecule has 1 unspecified atom stereocenters. The SMILES string of the molecule is C[C@@H](NC(=O)c1cn([C@]23COC[C@H]2C3)c(=O)cc1NC1[C@H]2CN(C)C[C@@H]12)c1cccc(C(F)(F)F)c1F. The van der Waals surface area contributed by atoms with Crippen LogP contribution in [0.25, 0.3) is 0 Å². The number of aromatic nitrogens is 1. The standard InChI is InChI=1S/C26H28F4N4O3/c1-13(15-4-3-5-19(22(15)27)26(28,29)30)31-24(36)18-10-34(25-7-14(25)11-37-12-25)21(35)6-20(18)32-23-16-8-33(2)9-17(16)23/h3-6,10,13-14,16-17,23,32H,7-9,11-12H2,1-2H3,(H,31,36)/t13-,14-,16-,17+,23?,25-/m1/s1. The maximum atomic E-state index is 14.7. The molecule has 1 aromatic heterocycles. The molecule has 6 atom stereocenters. The zero-order valence-corrected chi connectivity index (χ0v) is 20.4. The lowest BCUT2D eigenvalue weighted by molar-refractivity contribution is -0.140. The highest BCUT2D eigenvalue weighted by atomic mass is 19.4. The molecule has 2 saturated heterocycles. The summed E-state index contributed by atoms with van der Waals surface area (Å²) >= 11 is 0. The summed E-state index contributed by atoms with van der Waals surface area (Å²) in [7, 11) is 2.05. The van der Waals surface area contributed by atoms with Crippen LogP contribution in [0.2, 0.25) is 0 Å². The Kier molecular flexibility index (Phi) is 5.47. The number of carbonyl (C=O) groups excluding carboxylic acids is 1. The second-order valence-electron chi connectivity index (χ2n) is 10.9. The van der Waals surface area contributed by atoms with Crippen molar-refractivity contribution < 1.29 is 27.1 Å². The largest absolute Gasteiger partial charge is 0.419 e. The first-order valence-corrected chi connectivity index (χ1v) is 12.5. The van der Waals surface area contributed by atoms with Gasteiger partial charge in [-0.05, 0) is 38.3 Å². The fraction of sp³-hybridized carbons (Fsp3) is 0.538. The molecule has 2 N–H and O–H groups in total. The van der Waals surface area contributed by atoms with Crippen LogP contribution in [0.15, 0.2) is 35.3 Å². The van der Waals surface area contributed by atoms with Gasteiger partial charge in [-0.2, -0.15) is 13.2 Å². The summed E-state index contributed by atoms with van der Waals surface area (Å²) in [6, 6.07) is 3.53. The average Bonchev–Trinajstić information content (AvgIpc) is 3.54. The summed E-state index contributed by atoms with van der Waals surface area (Å²) < 4.78 is 61.5. The first kappa shape index (κ1) is 24.4. The van der Waals surface area contributed by atoms with Gasteiger partial charge in [0.05, 0.1) is 41.6 Å². The Bertz CT molecular complexity index is 1320. The second kappa shape index (κ2) is 8.29. The minimum Gasteiger partial charge on any atom is -0.381 e. The molecule has 198 valence electrons. The van der Waals surface area contributed by atoms with Gasteiger partial charge in [0.1, 0.15) is 5.82 Å². The van der Waals surface area contributed by atoms with E-state index in [9.17, 15) is 27.2 Å². The number of nitrogens with zero attached hydrogens (tertiary/aromatic N) is 2. The van der Waals surface area contributed by atoms with Crippen LogP contribution in [0.4, 0.5) is 23.2 Å². The molecule has 1 aromatic carbocycles. The third-order valence-electron chi connectivity index (χ3n) is 8.50. The highest BCUT2D eigenvalue weighted by Crippen LogP contribution is 2.54. The van der Waals surface area contributed by atoms with Crippen LogP contribution in [0, 0.1) is 23.6 Å². The Labute approximate surface area is 210 Å². The molecular weight excluding hydrogens is 492 g/mol. The number of nitrogens with one attached hydrogen (secondary N) is 2. The molecule has 4 aliphatic rings. The van der Waals surface area contributed by atoms with Crippen molar-refractivity contribution in [2.45, 2.75) is 37.1 Å². The molecule has 6 rings (SSSR count). The maximum absolute atomic E-state index is 14.7. The fourth-order valence-electron chi connectivity index (χ4n) is 6.27. The van der Waals surface area contributed by atoms with Crippen molar-refractivity contribution in [2.24, 2.45) is 17.8 Å². The number of pyridine rings is 1. The van der Waals surface area contributed by atoms with Crippen LogP contribution in [-0.2, 0) is 16.5 Å². The number of rotatable bonds is 6. The van der Waals surface area contributed by atoms with E-state index in [0.717, 1.165) is 25.6 Å². The van der Waals surface area contributed by atoms with Crippen LogP contribution in [0.5, 0.6) is 0 Å². The van der Waals surface area contributed by atoms with Gasteiger partial charge in [0.25, 0.3) is 11.5 Å². The number of likely N-dealkylation sites (tertiary alicyclic amines) is 1. The molecule has 2 aromatic rings. The molecule has 2 saturated carbocycles. The molecule has 0 spiro atoms. The minimum absolute atomic E-state index is 0.137. The quantitative estimate of drug-likeness (QED) is 0.573. The van der Waals surface area contributed by atoms with Gasteiger partial charge >= 0.3 is 6.18 Å². The summed E-state index contributed by atoms with van der Waals surface area (Å²) in [5.74, 6) is -0.955. The number of carbonyl (C=O) groups is 1. The highest BCUT2D eigenvalue weighted by Gasteiger charge is 2.60. The third kappa shape index (κ3) is 4.03. The summed E-state index contributed by atoms with van der Waals surface area (Å²) in [4.78, 5) is 28.8. The van der Waals surface area contributed by atoms with Gasteiger partial charge in [-0.1, -0.05) is 12.1 Å². The lowest BCUT2D eigenvalue weighted by atomic mass is 10.0. The van der Waals surface area contributed by atoms with Crippen LogP contribution >= 0.6 is 0 Å². The van der Waals surface area contributed by atoms with E-state index in [0.29, 0.717) is 36.8 Å². The van der Waals surface area contributed by atoms with Gasteiger partial charge in [-0.25, -0.2) is 4.39 Å². The van der Waals surface area contributed by atoms with Gasteiger partial charge in [0.15, 0.2) is 0 Å². The number of alkyl halides is 3. The Morgan fingerprint density at radius 1 is 1.24 bits per heavy atom. The molecule has 0 radical (unpaired) electrons. The maximum Gasteiger partial charge on any atom is 0.419 e. The molecule has 2 aliphatic heterocycles. The lowest BCUT2D eigenvalue weighted by Crippen LogP contribution is -2.36. The third-order valence-corrected chi connectivity index (χ3v) is 8.50. The Hall–Kier alpha value is -2.92. The van der Waals surface area contributed by atoms with Crippen molar-refractivity contribution in [2.75, 3.05) is 38.7 Å². The predicted molar refractivity (Wildman–Crippen MR) is 127 cm³/mol. The van der Waals surface area contributed by atoms with Crippen molar-refractivity contribution in [3.05, 3.63) is 63.3 Å². The van der Waals surface area contributed by atoms with E-state index in [4.69, 9.17) is 4.74 Å². The lowest BCUT2D eigenvalue weighted by Gasteiger charge is -2.22. The van der Waals surface area contributed by atoms with Crippen molar-refractivity contribution >= 4 is 11.6 Å². The van der Waals surface area contributed by atoms with Gasteiger partial charge in [0, 0.05) is 42.9 Å². The number of benzene rings is 1. The van der Waals surface area contributed by atoms with E-state index >= 15 is 0 Å². The second-order valence-corrected chi connectivity index (χ2v) is 10.9. The van der Waals surface area contributed by atoms with Crippen LogP contribution in [0.1, 0.15) is 40.9 Å². The summed E-state index contributed by atoms with van der Waals surface area (Å²) in [6.07, 6.45) is -2.55. The minimum atomic E-state index is -4.85. The molecule has 7 nitrogen and oxygen atoms in total. The van der Waals surface area contributed by atoms with Gasteiger partial charge < -0.3 is 24.8 Å². The van der Waals surface area contributed by atoms with Crippen molar-refractivity contribution in [3.8, 4) is 0 Å². The van der Waals surface area contributed by atoms with E-state index in [1.807, 2.05) is 7.05 Å². The average molecular weight is 521 g/mol. The monoisotopic (exact) mass is 520 g/mol. The summed E-state index contributed by atoms with van der Waals surface area (Å²) in [5.41, 5.74) is -1.79. The number of amides is 1. The number of piperidine rings is 1. The zero-order valence-electron chi connectivity index (χ0n) is 20.4. The van der Waals surface area contributed by atoms with E-state index < -0.39 is 35.0 Å². The smallest absolute Gasteiger partial charge is 0.381 e. The van der Waals surface area contributed by atoms with E-state index in [1.165, 1.54) is 25.3 Å². The highest BCUT2D eigenvalue weighted by molar-refractivity contribution is 5.99. The van der Waals surface area contributed by atoms with Gasteiger partial charge in [-0.3, -0.25) is 9.59 Å². The first-order chi connectivity index (χ1) is 17.5. The van der Waals surface area contributed by atoms with Gasteiger partial charge in [0.2, 0.25) is 0 Å². The first-order valence-electron chi connectivity index (χ1n) is 12.5. The summed E-state index contributed by atoms with van der Waals surface area (Å²) in [6.45, 7) is 4.22. The number of ether oxygens (including phenoxy) is 1. The number of fused-ring (bicyclic) bond motifs is 2. The summed E-state index contributed by atoms with van der Waals surface area (Å²) in [5, 5.41) is 6.02. The number of hydrogen-bond acceptors (Lipinski definition) is 5. The van der Waals surface area contributed by atoms with Crippen molar-refractivity contribution in [1.29, 1.82) is 0 Å². The molecule has 1 amide bonds. The van der Waals surface area contributed by atoms with Crippen molar-refractivity contribution in [1.82, 2.24) is 14.8 Å². The Balaban J connectivity index is 1.31. The Morgan fingerprint density at radius 3 is 2.59 bits per heavy atom. The number of anilines is 1. The number of halogens is 4. The van der Waals surface area contributed by atoms with Crippen LogP contribution < -0.4 is 16.2 Å². The van der Waals surface area contributed by atoms with Crippen molar-refractivity contribution in [3.63, 3.8) is 0 Å². The van der Waals surface area contributed by atoms with Gasteiger partial charge in [-0.15, -0.1) is 0 Å². The molecule has 0 bridgehead atoms. The predicted octanol–water partition coefficient (Wildman–Crippen LogP) is 3.21. The molecule has 3 heterocycles. The van der Waals surface area contributed by atoms with E-state index in [-0.39, 0.29) is 28.6 Å². The molecule has 11 heteroatoms. The molecule has 4 fully saturated rings. The normalized spacial score (nSPS) is 31.0. The van der Waals surface area contributed by atoms with Crippen LogP contribution in [0.3, 0.4) is 0 Å². The fourth-order valence-corrected chi connectivity index (χ4v) is 6.27. The Morgan fingerprint density at radius 2 is 1.97 bits per heavy atom.